The van der Waals surface area contributed by atoms with Crippen LogP contribution in [0.2, 0.25) is 5.02 Å². The molecule has 3 rings (SSSR count). The molecule has 2 aliphatic heterocycles. The third-order valence-corrected chi connectivity index (χ3v) is 5.92. The van der Waals surface area contributed by atoms with Crippen LogP contribution in [-0.2, 0) is 14.9 Å². The topological polar surface area (TPSA) is 76.2 Å². The van der Waals surface area contributed by atoms with Crippen molar-refractivity contribution in [1.29, 1.82) is 0 Å². The Morgan fingerprint density at radius 1 is 1.28 bits per heavy atom. The minimum Gasteiger partial charge on any atom is -0.489 e. The van der Waals surface area contributed by atoms with Crippen molar-refractivity contribution < 1.29 is 22.8 Å². The largest absolute Gasteiger partial charge is 0.489 e. The molecule has 0 bridgehead atoms. The second-order valence-electron chi connectivity index (χ2n) is 6.22. The smallest absolute Gasteiger partial charge is 0.277 e. The molecule has 0 spiro atoms. The molecule has 0 radical (unpaired) electrons. The molecular weight excluding hydrogens is 368 g/mol. The van der Waals surface area contributed by atoms with Crippen molar-refractivity contribution in [2.24, 2.45) is 0 Å². The lowest BCUT2D eigenvalue weighted by Gasteiger charge is -2.30. The molecule has 138 valence electrons. The van der Waals surface area contributed by atoms with E-state index in [9.17, 15) is 13.2 Å². The van der Waals surface area contributed by atoms with Gasteiger partial charge in [0.1, 0.15) is 11.9 Å². The molecule has 0 N–H and O–H groups in total. The number of benzene rings is 1. The Bertz CT molecular complexity index is 741. The van der Waals surface area contributed by atoms with Gasteiger partial charge < -0.3 is 4.74 Å². The summed E-state index contributed by atoms with van der Waals surface area (Å²) in [7, 11) is -3.16. The lowest BCUT2D eigenvalue weighted by Crippen LogP contribution is -2.41. The quantitative estimate of drug-likeness (QED) is 0.787. The van der Waals surface area contributed by atoms with E-state index in [-0.39, 0.29) is 12.0 Å². The molecule has 7 nitrogen and oxygen atoms in total. The van der Waals surface area contributed by atoms with E-state index < -0.39 is 10.0 Å². The Balaban J connectivity index is 1.61. The summed E-state index contributed by atoms with van der Waals surface area (Å²) in [5.74, 6) is 0.283. The van der Waals surface area contributed by atoms with Crippen molar-refractivity contribution in [1.82, 2.24) is 9.37 Å². The molecule has 0 aromatic heterocycles. The van der Waals surface area contributed by atoms with E-state index in [1.807, 2.05) is 0 Å². The Morgan fingerprint density at radius 3 is 2.56 bits per heavy atom. The number of carbonyl (C=O) groups is 1. The van der Waals surface area contributed by atoms with E-state index in [1.54, 1.807) is 18.2 Å². The fourth-order valence-electron chi connectivity index (χ4n) is 2.94. The lowest BCUT2D eigenvalue weighted by atomic mass is 10.1. The first-order valence-corrected chi connectivity index (χ1v) is 10.4. The summed E-state index contributed by atoms with van der Waals surface area (Å²) >= 11 is 6.26. The molecule has 2 fully saturated rings. The number of hydroxylamine groups is 2. The van der Waals surface area contributed by atoms with Gasteiger partial charge in [-0.2, -0.15) is 0 Å². The summed E-state index contributed by atoms with van der Waals surface area (Å²) < 4.78 is 30.4. The highest BCUT2D eigenvalue weighted by molar-refractivity contribution is 7.88. The number of nitrogens with zero attached hydrogens (tertiary/aromatic N) is 2. The number of rotatable bonds is 4. The number of amides is 1. The molecule has 0 saturated carbocycles. The normalized spacial score (nSPS) is 20.0. The molecule has 2 aliphatic rings. The maximum atomic E-state index is 12.3. The van der Waals surface area contributed by atoms with E-state index in [1.165, 1.54) is 15.6 Å². The molecule has 2 saturated heterocycles. The van der Waals surface area contributed by atoms with Crippen LogP contribution in [0.4, 0.5) is 0 Å². The number of carbonyl (C=O) groups excluding carboxylic acids is 1. The standard InChI is InChI=1S/C16H21ClN2O5S/c1-25(21,22)18-8-5-13(6-9-18)24-15-4-3-12(11-14(15)17)16(20)19-7-2-10-23-19/h3-4,11,13H,2,5-10H2,1H3. The SMILES string of the molecule is CS(=O)(=O)N1CCC(Oc2ccc(C(=O)N3CCCO3)cc2Cl)CC1. The molecule has 2 heterocycles. The van der Waals surface area contributed by atoms with Crippen molar-refractivity contribution in [3.05, 3.63) is 28.8 Å². The van der Waals surface area contributed by atoms with Gasteiger partial charge in [-0.15, -0.1) is 0 Å². The lowest BCUT2D eigenvalue weighted by molar-refractivity contribution is -0.0768. The number of piperidine rings is 1. The van der Waals surface area contributed by atoms with Gasteiger partial charge in [0.05, 0.1) is 24.4 Å². The predicted molar refractivity (Wildman–Crippen MR) is 93.1 cm³/mol. The zero-order chi connectivity index (χ0) is 18.0. The fraction of sp³-hybridized carbons (Fsp3) is 0.562. The molecule has 1 aromatic rings. The van der Waals surface area contributed by atoms with Gasteiger partial charge in [0.2, 0.25) is 10.0 Å². The van der Waals surface area contributed by atoms with Crippen molar-refractivity contribution in [2.45, 2.75) is 25.4 Å². The van der Waals surface area contributed by atoms with E-state index in [0.717, 1.165) is 6.42 Å². The first kappa shape index (κ1) is 18.4. The first-order chi connectivity index (χ1) is 11.8. The number of hydrogen-bond donors (Lipinski definition) is 0. The van der Waals surface area contributed by atoms with E-state index in [4.69, 9.17) is 21.2 Å². The Kier molecular flexibility index (Phi) is 5.52. The van der Waals surface area contributed by atoms with E-state index in [2.05, 4.69) is 0 Å². The average molecular weight is 389 g/mol. The minimum atomic E-state index is -3.16. The fourth-order valence-corrected chi connectivity index (χ4v) is 4.04. The second kappa shape index (κ2) is 7.49. The van der Waals surface area contributed by atoms with Gasteiger partial charge in [-0.05, 0) is 37.5 Å². The van der Waals surface area contributed by atoms with Gasteiger partial charge in [0, 0.05) is 18.7 Å². The van der Waals surface area contributed by atoms with Gasteiger partial charge in [0.15, 0.2) is 0 Å². The van der Waals surface area contributed by atoms with Crippen molar-refractivity contribution in [2.75, 3.05) is 32.5 Å². The van der Waals surface area contributed by atoms with E-state index >= 15 is 0 Å². The minimum absolute atomic E-state index is 0.0982. The van der Waals surface area contributed by atoms with Crippen molar-refractivity contribution >= 4 is 27.5 Å². The monoisotopic (exact) mass is 388 g/mol. The van der Waals surface area contributed by atoms with Crippen LogP contribution in [0, 0.1) is 0 Å². The van der Waals surface area contributed by atoms with Crippen LogP contribution in [0.25, 0.3) is 0 Å². The van der Waals surface area contributed by atoms with Gasteiger partial charge in [-0.3, -0.25) is 9.63 Å². The third kappa shape index (κ3) is 4.44. The van der Waals surface area contributed by atoms with Crippen LogP contribution >= 0.6 is 11.6 Å². The van der Waals surface area contributed by atoms with Crippen molar-refractivity contribution in [3.63, 3.8) is 0 Å². The predicted octanol–water partition coefficient (Wildman–Crippen LogP) is 1.92. The van der Waals surface area contributed by atoms with Gasteiger partial charge in [-0.25, -0.2) is 17.8 Å². The molecular formula is C16H21ClN2O5S. The van der Waals surface area contributed by atoms with E-state index in [0.29, 0.717) is 55.4 Å². The van der Waals surface area contributed by atoms with Gasteiger partial charge in [-0.1, -0.05) is 11.6 Å². The van der Waals surface area contributed by atoms with Crippen LogP contribution in [-0.4, -0.2) is 62.3 Å². The Hall–Kier alpha value is -1.35. The Morgan fingerprint density at radius 2 is 2.00 bits per heavy atom. The maximum absolute atomic E-state index is 12.3. The summed E-state index contributed by atoms with van der Waals surface area (Å²) in [6, 6.07) is 4.91. The average Bonchev–Trinajstić information content (AvgIpc) is 3.10. The molecule has 1 aromatic carbocycles. The summed E-state index contributed by atoms with van der Waals surface area (Å²) in [6.45, 7) is 1.99. The number of ether oxygens (including phenoxy) is 1. The van der Waals surface area contributed by atoms with Crippen LogP contribution in [0.5, 0.6) is 5.75 Å². The third-order valence-electron chi connectivity index (χ3n) is 4.32. The molecule has 1 amide bonds. The van der Waals surface area contributed by atoms with Crippen LogP contribution in [0.3, 0.4) is 0 Å². The summed E-state index contributed by atoms with van der Waals surface area (Å²) in [5, 5.41) is 1.70. The van der Waals surface area contributed by atoms with Gasteiger partial charge in [0.25, 0.3) is 5.91 Å². The zero-order valence-corrected chi connectivity index (χ0v) is 15.6. The highest BCUT2D eigenvalue weighted by Gasteiger charge is 2.27. The second-order valence-corrected chi connectivity index (χ2v) is 8.61. The van der Waals surface area contributed by atoms with Crippen LogP contribution < -0.4 is 4.74 Å². The summed E-state index contributed by atoms with van der Waals surface area (Å²) in [5.41, 5.74) is 0.450. The van der Waals surface area contributed by atoms with Crippen LogP contribution in [0.15, 0.2) is 18.2 Å². The zero-order valence-electron chi connectivity index (χ0n) is 14.0. The number of hydrogen-bond acceptors (Lipinski definition) is 5. The molecule has 0 atom stereocenters. The highest BCUT2D eigenvalue weighted by atomic mass is 35.5. The highest BCUT2D eigenvalue weighted by Crippen LogP contribution is 2.29. The summed E-state index contributed by atoms with van der Waals surface area (Å²) in [6.07, 6.45) is 3.15. The molecule has 0 unspecified atom stereocenters. The number of sulfonamides is 1. The molecule has 25 heavy (non-hydrogen) atoms. The Labute approximate surface area is 152 Å². The number of halogens is 1. The van der Waals surface area contributed by atoms with Crippen LogP contribution in [0.1, 0.15) is 29.6 Å². The van der Waals surface area contributed by atoms with Crippen molar-refractivity contribution in [3.8, 4) is 5.75 Å². The molecule has 0 aliphatic carbocycles. The first-order valence-electron chi connectivity index (χ1n) is 8.21. The molecule has 9 heteroatoms. The maximum Gasteiger partial charge on any atom is 0.277 e. The summed E-state index contributed by atoms with van der Waals surface area (Å²) in [4.78, 5) is 17.5. The van der Waals surface area contributed by atoms with Gasteiger partial charge >= 0.3 is 0 Å².